The Labute approximate surface area is 137 Å². The minimum absolute atomic E-state index is 0.0408. The number of benzene rings is 1. The largest absolute Gasteiger partial charge is 0.493 e. The fourth-order valence-corrected chi connectivity index (χ4v) is 2.84. The highest BCUT2D eigenvalue weighted by molar-refractivity contribution is 5.94. The molecule has 5 nitrogen and oxygen atoms in total. The average molecular weight is 319 g/mol. The lowest BCUT2D eigenvalue weighted by Crippen LogP contribution is -2.37. The molecular weight excluding hydrogens is 294 g/mol. The van der Waals surface area contributed by atoms with Crippen LogP contribution in [0.25, 0.3) is 0 Å². The van der Waals surface area contributed by atoms with Crippen molar-refractivity contribution in [2.24, 2.45) is 0 Å². The highest BCUT2D eigenvalue weighted by Gasteiger charge is 2.16. The summed E-state index contributed by atoms with van der Waals surface area (Å²) in [5, 5.41) is 3.04. The van der Waals surface area contributed by atoms with Crippen LogP contribution in [0.1, 0.15) is 55.8 Å². The van der Waals surface area contributed by atoms with Crippen LogP contribution in [-0.4, -0.2) is 31.4 Å². The number of Topliss-reactive ketones (excluding diaryl/α,β-unsaturated/α-hetero) is 1. The lowest BCUT2D eigenvalue weighted by Gasteiger charge is -2.17. The van der Waals surface area contributed by atoms with E-state index in [9.17, 15) is 9.59 Å². The van der Waals surface area contributed by atoms with Gasteiger partial charge in [-0.25, -0.2) is 0 Å². The molecule has 1 N–H and O–H groups in total. The van der Waals surface area contributed by atoms with Crippen molar-refractivity contribution < 1.29 is 19.1 Å². The SMILES string of the molecule is COc1cc(C(C)=O)ccc1OCC(=O)NC1CCCCCC1. The van der Waals surface area contributed by atoms with Gasteiger partial charge in [0.05, 0.1) is 7.11 Å². The average Bonchev–Trinajstić information content (AvgIpc) is 2.81. The number of carbonyl (C=O) groups excluding carboxylic acids is 2. The van der Waals surface area contributed by atoms with Gasteiger partial charge in [-0.1, -0.05) is 25.7 Å². The smallest absolute Gasteiger partial charge is 0.258 e. The van der Waals surface area contributed by atoms with Gasteiger partial charge >= 0.3 is 0 Å². The number of ketones is 1. The van der Waals surface area contributed by atoms with Gasteiger partial charge in [0.15, 0.2) is 23.9 Å². The fourth-order valence-electron chi connectivity index (χ4n) is 2.84. The number of hydrogen-bond donors (Lipinski definition) is 1. The van der Waals surface area contributed by atoms with Crippen molar-refractivity contribution in [2.45, 2.75) is 51.5 Å². The molecule has 1 aromatic carbocycles. The summed E-state index contributed by atoms with van der Waals surface area (Å²) in [6.45, 7) is 1.45. The lowest BCUT2D eigenvalue weighted by molar-refractivity contribution is -0.123. The van der Waals surface area contributed by atoms with Crippen molar-refractivity contribution in [3.63, 3.8) is 0 Å². The molecule has 1 amide bonds. The van der Waals surface area contributed by atoms with Gasteiger partial charge in [-0.05, 0) is 38.0 Å². The molecule has 0 heterocycles. The van der Waals surface area contributed by atoms with E-state index in [1.165, 1.54) is 39.7 Å². The molecule has 2 rings (SSSR count). The molecule has 0 aliphatic heterocycles. The van der Waals surface area contributed by atoms with Crippen molar-refractivity contribution in [1.82, 2.24) is 5.32 Å². The van der Waals surface area contributed by atoms with E-state index in [1.807, 2.05) is 0 Å². The maximum atomic E-state index is 12.0. The third-order valence-electron chi connectivity index (χ3n) is 4.15. The molecule has 0 bridgehead atoms. The van der Waals surface area contributed by atoms with E-state index in [0.29, 0.717) is 17.1 Å². The molecule has 0 aromatic heterocycles. The van der Waals surface area contributed by atoms with Gasteiger partial charge in [0.25, 0.3) is 5.91 Å². The number of rotatable bonds is 6. The van der Waals surface area contributed by atoms with Crippen molar-refractivity contribution in [3.05, 3.63) is 23.8 Å². The van der Waals surface area contributed by atoms with Crippen LogP contribution < -0.4 is 14.8 Å². The van der Waals surface area contributed by atoms with Crippen molar-refractivity contribution in [1.29, 1.82) is 0 Å². The maximum absolute atomic E-state index is 12.0. The fraction of sp³-hybridized carbons (Fsp3) is 0.556. The van der Waals surface area contributed by atoms with E-state index in [2.05, 4.69) is 5.32 Å². The summed E-state index contributed by atoms with van der Waals surface area (Å²) < 4.78 is 10.8. The molecule has 23 heavy (non-hydrogen) atoms. The first kappa shape index (κ1) is 17.3. The molecule has 0 radical (unpaired) electrons. The summed E-state index contributed by atoms with van der Waals surface area (Å²) in [4.78, 5) is 23.4. The predicted octanol–water partition coefficient (Wildman–Crippen LogP) is 3.12. The van der Waals surface area contributed by atoms with Crippen LogP contribution in [0, 0.1) is 0 Å². The zero-order chi connectivity index (χ0) is 16.7. The molecule has 126 valence electrons. The maximum Gasteiger partial charge on any atom is 0.258 e. The number of ether oxygens (including phenoxy) is 2. The van der Waals surface area contributed by atoms with Crippen molar-refractivity contribution >= 4 is 11.7 Å². The first-order chi connectivity index (χ1) is 11.1. The molecule has 1 aliphatic rings. The standard InChI is InChI=1S/C18H25NO4/c1-13(20)14-9-10-16(17(11-14)22-2)23-12-18(21)19-15-7-5-3-4-6-8-15/h9-11,15H,3-8,12H2,1-2H3,(H,19,21). The van der Waals surface area contributed by atoms with Gasteiger partial charge < -0.3 is 14.8 Å². The molecule has 1 aromatic rings. The second kappa shape index (κ2) is 8.56. The van der Waals surface area contributed by atoms with Crippen molar-refractivity contribution in [3.8, 4) is 11.5 Å². The highest BCUT2D eigenvalue weighted by atomic mass is 16.5. The Morgan fingerprint density at radius 1 is 1.13 bits per heavy atom. The molecule has 0 atom stereocenters. The quantitative estimate of drug-likeness (QED) is 0.646. The van der Waals surface area contributed by atoms with E-state index >= 15 is 0 Å². The zero-order valence-corrected chi connectivity index (χ0v) is 13.9. The second-order valence-corrected chi connectivity index (χ2v) is 5.97. The third-order valence-corrected chi connectivity index (χ3v) is 4.15. The Morgan fingerprint density at radius 2 is 1.83 bits per heavy atom. The monoisotopic (exact) mass is 319 g/mol. The minimum atomic E-state index is -0.116. The van der Waals surface area contributed by atoms with Crippen molar-refractivity contribution in [2.75, 3.05) is 13.7 Å². The molecule has 1 fully saturated rings. The molecule has 1 aliphatic carbocycles. The first-order valence-electron chi connectivity index (χ1n) is 8.21. The normalized spacial score (nSPS) is 15.6. The zero-order valence-electron chi connectivity index (χ0n) is 13.9. The summed E-state index contributed by atoms with van der Waals surface area (Å²) >= 11 is 0. The second-order valence-electron chi connectivity index (χ2n) is 5.97. The summed E-state index contributed by atoms with van der Waals surface area (Å²) in [5.41, 5.74) is 0.553. The number of nitrogens with one attached hydrogen (secondary N) is 1. The third kappa shape index (κ3) is 5.27. The lowest BCUT2D eigenvalue weighted by atomic mass is 10.1. The number of hydrogen-bond acceptors (Lipinski definition) is 4. The van der Waals surface area contributed by atoms with Crippen LogP contribution in [0.5, 0.6) is 11.5 Å². The van der Waals surface area contributed by atoms with E-state index in [-0.39, 0.29) is 24.3 Å². The van der Waals surface area contributed by atoms with Gasteiger partial charge in [-0.2, -0.15) is 0 Å². The molecule has 0 saturated heterocycles. The topological polar surface area (TPSA) is 64.6 Å². The number of methoxy groups -OCH3 is 1. The van der Waals surface area contributed by atoms with Crippen LogP contribution in [-0.2, 0) is 4.79 Å². The minimum Gasteiger partial charge on any atom is -0.493 e. The number of amides is 1. The van der Waals surface area contributed by atoms with E-state index in [0.717, 1.165) is 12.8 Å². The van der Waals surface area contributed by atoms with Gasteiger partial charge in [0.2, 0.25) is 0 Å². The Hall–Kier alpha value is -2.04. The molecule has 0 spiro atoms. The Bertz CT molecular complexity index is 548. The Balaban J connectivity index is 1.89. The highest BCUT2D eigenvalue weighted by Crippen LogP contribution is 2.28. The van der Waals surface area contributed by atoms with Gasteiger partial charge in [-0.3, -0.25) is 9.59 Å². The van der Waals surface area contributed by atoms with Crippen LogP contribution in [0.2, 0.25) is 0 Å². The molecule has 5 heteroatoms. The molecule has 1 saturated carbocycles. The Kier molecular flexibility index (Phi) is 6.44. The summed E-state index contributed by atoms with van der Waals surface area (Å²) in [5.74, 6) is 0.768. The number of carbonyl (C=O) groups is 2. The summed E-state index contributed by atoms with van der Waals surface area (Å²) in [6.07, 6.45) is 6.94. The summed E-state index contributed by atoms with van der Waals surface area (Å²) in [7, 11) is 1.51. The van der Waals surface area contributed by atoms with Crippen LogP contribution in [0.15, 0.2) is 18.2 Å². The van der Waals surface area contributed by atoms with E-state index in [1.54, 1.807) is 18.2 Å². The predicted molar refractivity (Wildman–Crippen MR) is 88.1 cm³/mol. The van der Waals surface area contributed by atoms with Crippen LogP contribution >= 0.6 is 0 Å². The molecule has 0 unspecified atom stereocenters. The van der Waals surface area contributed by atoms with Gasteiger partial charge in [0.1, 0.15) is 0 Å². The first-order valence-corrected chi connectivity index (χ1v) is 8.21. The van der Waals surface area contributed by atoms with E-state index in [4.69, 9.17) is 9.47 Å². The van der Waals surface area contributed by atoms with Crippen LogP contribution in [0.3, 0.4) is 0 Å². The Morgan fingerprint density at radius 3 is 2.43 bits per heavy atom. The van der Waals surface area contributed by atoms with Crippen LogP contribution in [0.4, 0.5) is 0 Å². The van der Waals surface area contributed by atoms with Gasteiger partial charge in [0, 0.05) is 11.6 Å². The van der Waals surface area contributed by atoms with E-state index < -0.39 is 0 Å². The molecular formula is C18H25NO4. The van der Waals surface area contributed by atoms with Gasteiger partial charge in [-0.15, -0.1) is 0 Å². The summed E-state index contributed by atoms with van der Waals surface area (Å²) in [6, 6.07) is 5.22.